The van der Waals surface area contributed by atoms with Gasteiger partial charge in [-0.25, -0.2) is 0 Å². The first kappa shape index (κ1) is 14.1. The van der Waals surface area contributed by atoms with Gasteiger partial charge in [0.2, 0.25) is 5.91 Å². The van der Waals surface area contributed by atoms with Crippen LogP contribution in [0.25, 0.3) is 0 Å². The first-order valence-electron chi connectivity index (χ1n) is 7.26. The molecule has 4 nitrogen and oxygen atoms in total. The minimum atomic E-state index is -0.206. The highest BCUT2D eigenvalue weighted by Gasteiger charge is 2.21. The monoisotopic (exact) mass is 264 g/mol. The van der Waals surface area contributed by atoms with Gasteiger partial charge in [0.1, 0.15) is 5.76 Å². The molecule has 1 heterocycles. The number of hydrogen-bond donors (Lipinski definition) is 2. The van der Waals surface area contributed by atoms with Crippen LogP contribution in [-0.2, 0) is 4.79 Å². The Morgan fingerprint density at radius 1 is 1.32 bits per heavy atom. The fraction of sp³-hybridized carbons (Fsp3) is 0.667. The topological polar surface area (TPSA) is 54.3 Å². The van der Waals surface area contributed by atoms with Crippen LogP contribution in [0.4, 0.5) is 0 Å². The minimum Gasteiger partial charge on any atom is -0.468 e. The maximum Gasteiger partial charge on any atom is 0.237 e. The van der Waals surface area contributed by atoms with Crippen molar-refractivity contribution >= 4 is 5.91 Å². The lowest BCUT2D eigenvalue weighted by Gasteiger charge is -2.25. The molecule has 0 spiro atoms. The van der Waals surface area contributed by atoms with Crippen molar-refractivity contribution in [3.8, 4) is 0 Å². The maximum atomic E-state index is 12.1. The van der Waals surface area contributed by atoms with Crippen molar-refractivity contribution in [2.45, 2.75) is 64.1 Å². The highest BCUT2D eigenvalue weighted by atomic mass is 16.3. The Bertz CT molecular complexity index is 383. The second-order valence-corrected chi connectivity index (χ2v) is 5.47. The molecule has 1 aromatic rings. The fourth-order valence-electron chi connectivity index (χ4n) is 2.64. The predicted octanol–water partition coefficient (Wildman–Crippen LogP) is 2.77. The molecule has 106 valence electrons. The molecule has 19 heavy (non-hydrogen) atoms. The SMILES string of the molecule is C[C@H](N[C@H](C)c1ccco1)C(=O)NC1CCCCC1. The molecule has 0 aromatic carbocycles. The lowest BCUT2D eigenvalue weighted by Crippen LogP contribution is -2.47. The average molecular weight is 264 g/mol. The lowest BCUT2D eigenvalue weighted by molar-refractivity contribution is -0.123. The zero-order valence-corrected chi connectivity index (χ0v) is 11.8. The van der Waals surface area contributed by atoms with Crippen molar-refractivity contribution in [2.24, 2.45) is 0 Å². The van der Waals surface area contributed by atoms with E-state index in [0.29, 0.717) is 6.04 Å². The molecule has 2 atom stereocenters. The van der Waals surface area contributed by atoms with Crippen molar-refractivity contribution in [1.29, 1.82) is 0 Å². The molecule has 1 saturated carbocycles. The van der Waals surface area contributed by atoms with Crippen molar-refractivity contribution in [2.75, 3.05) is 0 Å². The number of nitrogens with one attached hydrogen (secondary N) is 2. The van der Waals surface area contributed by atoms with Crippen molar-refractivity contribution < 1.29 is 9.21 Å². The number of carbonyl (C=O) groups is 1. The predicted molar refractivity (Wildman–Crippen MR) is 74.7 cm³/mol. The minimum absolute atomic E-state index is 0.0436. The summed E-state index contributed by atoms with van der Waals surface area (Å²) in [6.45, 7) is 3.90. The third kappa shape index (κ3) is 4.10. The molecule has 2 N–H and O–H groups in total. The molecular weight excluding hydrogens is 240 g/mol. The summed E-state index contributed by atoms with van der Waals surface area (Å²) in [5, 5.41) is 6.40. The molecule has 0 radical (unpaired) electrons. The molecule has 0 saturated heterocycles. The number of carbonyl (C=O) groups excluding carboxylic acids is 1. The van der Waals surface area contributed by atoms with Gasteiger partial charge >= 0.3 is 0 Å². The van der Waals surface area contributed by atoms with Crippen molar-refractivity contribution in [1.82, 2.24) is 10.6 Å². The largest absolute Gasteiger partial charge is 0.468 e. The van der Waals surface area contributed by atoms with Crippen LogP contribution in [0.2, 0.25) is 0 Å². The van der Waals surface area contributed by atoms with Gasteiger partial charge in [-0.2, -0.15) is 0 Å². The van der Waals surface area contributed by atoms with Crippen molar-refractivity contribution in [3.05, 3.63) is 24.2 Å². The molecule has 1 fully saturated rings. The first-order chi connectivity index (χ1) is 9.16. The van der Waals surface area contributed by atoms with Crippen LogP contribution >= 0.6 is 0 Å². The van der Waals surface area contributed by atoms with E-state index in [1.165, 1.54) is 19.3 Å². The van der Waals surface area contributed by atoms with Gasteiger partial charge in [-0.1, -0.05) is 19.3 Å². The zero-order valence-electron chi connectivity index (χ0n) is 11.8. The number of furan rings is 1. The lowest BCUT2D eigenvalue weighted by atomic mass is 9.95. The van der Waals surface area contributed by atoms with E-state index in [9.17, 15) is 4.79 Å². The Labute approximate surface area is 114 Å². The van der Waals surface area contributed by atoms with E-state index < -0.39 is 0 Å². The normalized spacial score (nSPS) is 19.9. The van der Waals surface area contributed by atoms with Gasteiger partial charge in [0.25, 0.3) is 0 Å². The Kier molecular flexibility index (Phi) is 5.02. The van der Waals surface area contributed by atoms with Crippen LogP contribution in [0.15, 0.2) is 22.8 Å². The van der Waals surface area contributed by atoms with Crippen LogP contribution in [0.5, 0.6) is 0 Å². The van der Waals surface area contributed by atoms with E-state index in [-0.39, 0.29) is 18.0 Å². The summed E-state index contributed by atoms with van der Waals surface area (Å²) in [5.74, 6) is 0.947. The molecule has 1 aliphatic rings. The smallest absolute Gasteiger partial charge is 0.237 e. The fourth-order valence-corrected chi connectivity index (χ4v) is 2.64. The Morgan fingerprint density at radius 3 is 2.68 bits per heavy atom. The van der Waals surface area contributed by atoms with Crippen LogP contribution in [0, 0.1) is 0 Å². The average Bonchev–Trinajstić information content (AvgIpc) is 2.93. The Morgan fingerprint density at radius 2 is 2.05 bits per heavy atom. The summed E-state index contributed by atoms with van der Waals surface area (Å²) >= 11 is 0. The van der Waals surface area contributed by atoms with E-state index in [4.69, 9.17) is 4.42 Å². The summed E-state index contributed by atoms with van der Waals surface area (Å²) in [5.41, 5.74) is 0. The second-order valence-electron chi connectivity index (χ2n) is 5.47. The summed E-state index contributed by atoms with van der Waals surface area (Å²) in [7, 11) is 0. The number of hydrogen-bond acceptors (Lipinski definition) is 3. The van der Waals surface area contributed by atoms with E-state index in [0.717, 1.165) is 18.6 Å². The quantitative estimate of drug-likeness (QED) is 0.860. The van der Waals surface area contributed by atoms with Gasteiger partial charge in [0.15, 0.2) is 0 Å². The molecular formula is C15H24N2O2. The molecule has 0 unspecified atom stereocenters. The second kappa shape index (κ2) is 6.75. The van der Waals surface area contributed by atoms with Gasteiger partial charge in [0, 0.05) is 6.04 Å². The first-order valence-corrected chi connectivity index (χ1v) is 7.26. The maximum absolute atomic E-state index is 12.1. The highest BCUT2D eigenvalue weighted by Crippen LogP contribution is 2.18. The van der Waals surface area contributed by atoms with Gasteiger partial charge in [0.05, 0.1) is 18.3 Å². The zero-order chi connectivity index (χ0) is 13.7. The van der Waals surface area contributed by atoms with E-state index in [1.807, 2.05) is 26.0 Å². The van der Waals surface area contributed by atoms with Crippen LogP contribution in [0.3, 0.4) is 0 Å². The number of rotatable bonds is 5. The van der Waals surface area contributed by atoms with Gasteiger partial charge in [-0.05, 0) is 38.8 Å². The third-order valence-electron chi connectivity index (χ3n) is 3.81. The summed E-state index contributed by atoms with van der Waals surface area (Å²) in [6.07, 6.45) is 7.65. The van der Waals surface area contributed by atoms with Gasteiger partial charge in [-0.15, -0.1) is 0 Å². The molecule has 1 aromatic heterocycles. The number of amides is 1. The summed E-state index contributed by atoms with van der Waals surface area (Å²) in [4.78, 5) is 12.1. The molecule has 1 aliphatic carbocycles. The standard InChI is InChI=1S/C15H24N2O2/c1-11(14-9-6-10-19-14)16-12(2)15(18)17-13-7-4-3-5-8-13/h6,9-13,16H,3-5,7-8H2,1-2H3,(H,17,18)/t11-,12+/m1/s1. The van der Waals surface area contributed by atoms with Crippen LogP contribution in [0.1, 0.15) is 57.8 Å². The van der Waals surface area contributed by atoms with E-state index in [1.54, 1.807) is 6.26 Å². The molecule has 4 heteroatoms. The van der Waals surface area contributed by atoms with Crippen molar-refractivity contribution in [3.63, 3.8) is 0 Å². The molecule has 2 rings (SSSR count). The van der Waals surface area contributed by atoms with E-state index in [2.05, 4.69) is 10.6 Å². The van der Waals surface area contributed by atoms with E-state index >= 15 is 0 Å². The van der Waals surface area contributed by atoms with Crippen LogP contribution < -0.4 is 10.6 Å². The summed E-state index contributed by atoms with van der Waals surface area (Å²) in [6, 6.07) is 3.98. The van der Waals surface area contributed by atoms with Gasteiger partial charge < -0.3 is 9.73 Å². The van der Waals surface area contributed by atoms with Gasteiger partial charge in [-0.3, -0.25) is 10.1 Å². The molecule has 0 aliphatic heterocycles. The Balaban J connectivity index is 1.78. The molecule has 1 amide bonds. The summed E-state index contributed by atoms with van der Waals surface area (Å²) < 4.78 is 5.33. The third-order valence-corrected chi connectivity index (χ3v) is 3.81. The van der Waals surface area contributed by atoms with Crippen LogP contribution in [-0.4, -0.2) is 18.0 Å². The Hall–Kier alpha value is -1.29. The highest BCUT2D eigenvalue weighted by molar-refractivity contribution is 5.81. The molecule has 0 bridgehead atoms.